The number of nitrogen functional groups attached to an aromatic ring is 1. The molecule has 0 unspecified atom stereocenters. The Morgan fingerprint density at radius 3 is 2.69 bits per heavy atom. The summed E-state index contributed by atoms with van der Waals surface area (Å²) in [6.45, 7) is 0. The normalized spacial score (nSPS) is 17.3. The van der Waals surface area contributed by atoms with E-state index in [9.17, 15) is 0 Å². The van der Waals surface area contributed by atoms with Crippen molar-refractivity contribution in [3.63, 3.8) is 0 Å². The summed E-state index contributed by atoms with van der Waals surface area (Å²) in [5, 5.41) is 0. The summed E-state index contributed by atoms with van der Waals surface area (Å²) in [5.74, 6) is 1.64. The van der Waals surface area contributed by atoms with Gasteiger partial charge in [0.15, 0.2) is 0 Å². The molecule has 0 radical (unpaired) electrons. The van der Waals surface area contributed by atoms with E-state index in [0.717, 1.165) is 23.8 Å². The molecular weight excluding hydrogens is 198 g/mol. The topological polar surface area (TPSA) is 35.2 Å². The van der Waals surface area contributed by atoms with Crippen molar-refractivity contribution in [2.75, 3.05) is 12.8 Å². The van der Waals surface area contributed by atoms with Gasteiger partial charge in [0.05, 0.1) is 12.8 Å². The molecule has 0 aliphatic heterocycles. The van der Waals surface area contributed by atoms with Crippen molar-refractivity contribution in [1.29, 1.82) is 0 Å². The number of hydrogen-bond donors (Lipinski definition) is 1. The SMILES string of the molecule is COc1cccc(CC2CCCCC2)c1N. The van der Waals surface area contributed by atoms with E-state index in [0.29, 0.717) is 0 Å². The van der Waals surface area contributed by atoms with E-state index in [1.807, 2.05) is 12.1 Å². The lowest BCUT2D eigenvalue weighted by Gasteiger charge is -2.22. The molecule has 2 heteroatoms. The second kappa shape index (κ2) is 5.24. The third kappa shape index (κ3) is 2.49. The van der Waals surface area contributed by atoms with E-state index in [4.69, 9.17) is 10.5 Å². The molecule has 0 heterocycles. The van der Waals surface area contributed by atoms with Gasteiger partial charge in [-0.15, -0.1) is 0 Å². The second-order valence-electron chi connectivity index (χ2n) is 4.74. The molecule has 1 aromatic carbocycles. The average Bonchev–Trinajstić information content (AvgIpc) is 2.33. The molecule has 0 atom stereocenters. The summed E-state index contributed by atoms with van der Waals surface area (Å²) in [7, 11) is 1.68. The molecule has 2 rings (SSSR count). The number of rotatable bonds is 3. The Labute approximate surface area is 97.8 Å². The van der Waals surface area contributed by atoms with Crippen LogP contribution in [-0.4, -0.2) is 7.11 Å². The van der Waals surface area contributed by atoms with Gasteiger partial charge in [-0.3, -0.25) is 0 Å². The van der Waals surface area contributed by atoms with Crippen LogP contribution in [-0.2, 0) is 6.42 Å². The van der Waals surface area contributed by atoms with Gasteiger partial charge in [0, 0.05) is 0 Å². The zero-order valence-electron chi connectivity index (χ0n) is 10.0. The molecule has 0 amide bonds. The maximum absolute atomic E-state index is 6.09. The largest absolute Gasteiger partial charge is 0.495 e. The van der Waals surface area contributed by atoms with Gasteiger partial charge in [-0.05, 0) is 24.0 Å². The zero-order valence-corrected chi connectivity index (χ0v) is 10.0. The maximum Gasteiger partial charge on any atom is 0.142 e. The number of para-hydroxylation sites is 1. The minimum Gasteiger partial charge on any atom is -0.495 e. The summed E-state index contributed by atoms with van der Waals surface area (Å²) in [4.78, 5) is 0. The van der Waals surface area contributed by atoms with E-state index < -0.39 is 0 Å². The Bertz CT molecular complexity index is 343. The van der Waals surface area contributed by atoms with Gasteiger partial charge in [-0.2, -0.15) is 0 Å². The van der Waals surface area contributed by atoms with Gasteiger partial charge < -0.3 is 10.5 Å². The van der Waals surface area contributed by atoms with E-state index in [-0.39, 0.29) is 0 Å². The van der Waals surface area contributed by atoms with Gasteiger partial charge >= 0.3 is 0 Å². The van der Waals surface area contributed by atoms with E-state index in [1.165, 1.54) is 37.7 Å². The maximum atomic E-state index is 6.09. The fourth-order valence-electron chi connectivity index (χ4n) is 2.65. The summed E-state index contributed by atoms with van der Waals surface area (Å²) in [6, 6.07) is 6.10. The van der Waals surface area contributed by atoms with Crippen molar-refractivity contribution in [2.45, 2.75) is 38.5 Å². The third-order valence-electron chi connectivity index (χ3n) is 3.61. The Morgan fingerprint density at radius 2 is 2.00 bits per heavy atom. The predicted molar refractivity (Wildman–Crippen MR) is 67.7 cm³/mol. The Balaban J connectivity index is 2.08. The fourth-order valence-corrected chi connectivity index (χ4v) is 2.65. The van der Waals surface area contributed by atoms with Crippen molar-refractivity contribution in [1.82, 2.24) is 0 Å². The first kappa shape index (κ1) is 11.3. The Hall–Kier alpha value is -1.18. The van der Waals surface area contributed by atoms with Crippen LogP contribution in [0.3, 0.4) is 0 Å². The molecule has 1 aliphatic rings. The molecule has 1 aliphatic carbocycles. The quantitative estimate of drug-likeness (QED) is 0.791. The fraction of sp³-hybridized carbons (Fsp3) is 0.571. The molecule has 2 N–H and O–H groups in total. The van der Waals surface area contributed by atoms with Gasteiger partial charge in [0.25, 0.3) is 0 Å². The lowest BCUT2D eigenvalue weighted by molar-refractivity contribution is 0.356. The van der Waals surface area contributed by atoms with Gasteiger partial charge in [-0.25, -0.2) is 0 Å². The van der Waals surface area contributed by atoms with Crippen LogP contribution < -0.4 is 10.5 Å². The lowest BCUT2D eigenvalue weighted by atomic mass is 9.84. The van der Waals surface area contributed by atoms with Crippen LogP contribution in [0.2, 0.25) is 0 Å². The highest BCUT2D eigenvalue weighted by Gasteiger charge is 2.16. The first-order valence-corrected chi connectivity index (χ1v) is 6.22. The molecule has 16 heavy (non-hydrogen) atoms. The smallest absolute Gasteiger partial charge is 0.142 e. The number of benzene rings is 1. The highest BCUT2D eigenvalue weighted by atomic mass is 16.5. The van der Waals surface area contributed by atoms with Crippen LogP contribution in [0, 0.1) is 5.92 Å². The number of methoxy groups -OCH3 is 1. The molecule has 0 spiro atoms. The molecule has 0 saturated heterocycles. The zero-order chi connectivity index (χ0) is 11.4. The van der Waals surface area contributed by atoms with Crippen LogP contribution >= 0.6 is 0 Å². The van der Waals surface area contributed by atoms with Crippen LogP contribution in [0.25, 0.3) is 0 Å². The first-order valence-electron chi connectivity index (χ1n) is 6.22. The average molecular weight is 219 g/mol. The van der Waals surface area contributed by atoms with Crippen LogP contribution in [0.4, 0.5) is 5.69 Å². The number of ether oxygens (including phenoxy) is 1. The highest BCUT2D eigenvalue weighted by Crippen LogP contribution is 2.31. The summed E-state index contributed by atoms with van der Waals surface area (Å²) in [5.41, 5.74) is 8.17. The number of hydrogen-bond acceptors (Lipinski definition) is 2. The number of anilines is 1. The molecule has 0 aromatic heterocycles. The number of nitrogens with two attached hydrogens (primary N) is 1. The lowest BCUT2D eigenvalue weighted by Crippen LogP contribution is -2.10. The van der Waals surface area contributed by atoms with E-state index in [1.54, 1.807) is 7.11 Å². The molecular formula is C14H21NO. The second-order valence-corrected chi connectivity index (χ2v) is 4.74. The third-order valence-corrected chi connectivity index (χ3v) is 3.61. The van der Waals surface area contributed by atoms with E-state index >= 15 is 0 Å². The molecule has 2 nitrogen and oxygen atoms in total. The first-order chi connectivity index (χ1) is 7.81. The Morgan fingerprint density at radius 1 is 1.25 bits per heavy atom. The van der Waals surface area contributed by atoms with Crippen LogP contribution in [0.5, 0.6) is 5.75 Å². The van der Waals surface area contributed by atoms with Crippen molar-refractivity contribution in [3.05, 3.63) is 23.8 Å². The summed E-state index contributed by atoms with van der Waals surface area (Å²) >= 11 is 0. The summed E-state index contributed by atoms with van der Waals surface area (Å²) in [6.07, 6.45) is 8.00. The van der Waals surface area contributed by atoms with Crippen molar-refractivity contribution in [2.24, 2.45) is 5.92 Å². The Kier molecular flexibility index (Phi) is 3.70. The highest BCUT2D eigenvalue weighted by molar-refractivity contribution is 5.58. The van der Waals surface area contributed by atoms with Gasteiger partial charge in [0.1, 0.15) is 5.75 Å². The molecule has 1 aromatic rings. The minimum atomic E-state index is 0.813. The van der Waals surface area contributed by atoms with E-state index in [2.05, 4.69) is 6.07 Å². The predicted octanol–water partition coefficient (Wildman–Crippen LogP) is 3.40. The monoisotopic (exact) mass is 219 g/mol. The van der Waals surface area contributed by atoms with Gasteiger partial charge in [0.2, 0.25) is 0 Å². The van der Waals surface area contributed by atoms with Crippen LogP contribution in [0.15, 0.2) is 18.2 Å². The molecule has 88 valence electrons. The van der Waals surface area contributed by atoms with Crippen molar-refractivity contribution in [3.8, 4) is 5.75 Å². The van der Waals surface area contributed by atoms with Crippen molar-refractivity contribution < 1.29 is 4.74 Å². The summed E-state index contributed by atoms with van der Waals surface area (Å²) < 4.78 is 5.25. The molecule has 0 bridgehead atoms. The minimum absolute atomic E-state index is 0.813. The molecule has 1 saturated carbocycles. The van der Waals surface area contributed by atoms with Crippen LogP contribution in [0.1, 0.15) is 37.7 Å². The molecule has 1 fully saturated rings. The van der Waals surface area contributed by atoms with Gasteiger partial charge in [-0.1, -0.05) is 44.2 Å². The van der Waals surface area contributed by atoms with Crippen molar-refractivity contribution >= 4 is 5.69 Å². The standard InChI is InChI=1S/C14H21NO/c1-16-13-9-5-8-12(14(13)15)10-11-6-3-2-4-7-11/h5,8-9,11H,2-4,6-7,10,15H2,1H3.